The standard InChI is InChI=1S/C20H22N4O4/c25-18-12-28-11-17(24(18)10-13-1-2-13)19(26)14-3-5-15(6-4-14)23-20(27)16-9-21-7-8-22-16/h3-9,13,17,19,26H,1-2,10-12H2,(H,23,27)/t17-,19-/m1/s1. The maximum Gasteiger partial charge on any atom is 0.275 e. The van der Waals surface area contributed by atoms with Gasteiger partial charge in [0.05, 0.1) is 18.8 Å². The highest BCUT2D eigenvalue weighted by molar-refractivity contribution is 6.02. The molecule has 2 aliphatic rings. The number of nitrogens with one attached hydrogen (secondary N) is 1. The topological polar surface area (TPSA) is 105 Å². The number of carbonyl (C=O) groups excluding carboxylic acids is 2. The second-order valence-corrected chi connectivity index (χ2v) is 7.18. The maximum atomic E-state index is 12.2. The summed E-state index contributed by atoms with van der Waals surface area (Å²) in [5.41, 5.74) is 1.47. The Morgan fingerprint density at radius 2 is 2.07 bits per heavy atom. The number of aromatic nitrogens is 2. The molecule has 2 heterocycles. The fraction of sp³-hybridized carbons (Fsp3) is 0.400. The first-order valence-corrected chi connectivity index (χ1v) is 9.34. The van der Waals surface area contributed by atoms with Crippen LogP contribution in [0.3, 0.4) is 0 Å². The van der Waals surface area contributed by atoms with Gasteiger partial charge in [-0.25, -0.2) is 4.98 Å². The summed E-state index contributed by atoms with van der Waals surface area (Å²) in [6.07, 6.45) is 5.75. The average Bonchev–Trinajstić information content (AvgIpc) is 3.54. The van der Waals surface area contributed by atoms with Gasteiger partial charge in [0.2, 0.25) is 5.91 Å². The minimum atomic E-state index is -0.854. The van der Waals surface area contributed by atoms with E-state index in [4.69, 9.17) is 4.74 Å². The molecule has 1 aliphatic heterocycles. The molecular formula is C20H22N4O4. The summed E-state index contributed by atoms with van der Waals surface area (Å²) >= 11 is 0. The number of morpholine rings is 1. The molecule has 4 rings (SSSR count). The van der Waals surface area contributed by atoms with Crippen molar-refractivity contribution >= 4 is 17.5 Å². The zero-order valence-corrected chi connectivity index (χ0v) is 15.3. The summed E-state index contributed by atoms with van der Waals surface area (Å²) in [5, 5.41) is 13.6. The molecule has 0 radical (unpaired) electrons. The average molecular weight is 382 g/mol. The lowest BCUT2D eigenvalue weighted by molar-refractivity contribution is -0.154. The molecule has 28 heavy (non-hydrogen) atoms. The third-order valence-corrected chi connectivity index (χ3v) is 5.06. The van der Waals surface area contributed by atoms with Crippen LogP contribution in [0, 0.1) is 5.92 Å². The molecule has 0 unspecified atom stereocenters. The van der Waals surface area contributed by atoms with Gasteiger partial charge < -0.3 is 20.1 Å². The Hall–Kier alpha value is -2.84. The van der Waals surface area contributed by atoms with E-state index < -0.39 is 12.1 Å². The Labute approximate surface area is 162 Å². The number of anilines is 1. The monoisotopic (exact) mass is 382 g/mol. The van der Waals surface area contributed by atoms with Crippen molar-refractivity contribution in [1.29, 1.82) is 0 Å². The molecule has 1 aromatic heterocycles. The van der Waals surface area contributed by atoms with Crippen molar-refractivity contribution in [2.24, 2.45) is 5.92 Å². The number of hydrogen-bond acceptors (Lipinski definition) is 6. The SMILES string of the molecule is O=C(Nc1ccc([C@@H](O)[C@H]2COCC(=O)N2CC2CC2)cc1)c1cnccn1. The van der Waals surface area contributed by atoms with Crippen molar-refractivity contribution < 1.29 is 19.4 Å². The number of ether oxygens (including phenoxy) is 1. The zero-order valence-electron chi connectivity index (χ0n) is 15.3. The van der Waals surface area contributed by atoms with Crippen LogP contribution < -0.4 is 5.32 Å². The van der Waals surface area contributed by atoms with Crippen LogP contribution in [0.15, 0.2) is 42.9 Å². The molecule has 2 fully saturated rings. The molecule has 0 bridgehead atoms. The summed E-state index contributed by atoms with van der Waals surface area (Å²) in [6.45, 7) is 1.06. The number of aliphatic hydroxyl groups excluding tert-OH is 1. The number of carbonyl (C=O) groups is 2. The zero-order chi connectivity index (χ0) is 19.5. The Kier molecular flexibility index (Phi) is 5.31. The molecular weight excluding hydrogens is 360 g/mol. The minimum absolute atomic E-state index is 0.0727. The first kappa shape index (κ1) is 18.5. The van der Waals surface area contributed by atoms with E-state index in [1.807, 2.05) is 0 Å². The summed E-state index contributed by atoms with van der Waals surface area (Å²) in [5.74, 6) is 0.105. The van der Waals surface area contributed by atoms with E-state index in [9.17, 15) is 14.7 Å². The number of nitrogens with zero attached hydrogens (tertiary/aromatic N) is 3. The van der Waals surface area contributed by atoms with E-state index in [-0.39, 0.29) is 24.1 Å². The second kappa shape index (κ2) is 8.04. The smallest absolute Gasteiger partial charge is 0.275 e. The molecule has 0 spiro atoms. The third kappa shape index (κ3) is 4.18. The van der Waals surface area contributed by atoms with Gasteiger partial charge in [0.25, 0.3) is 5.91 Å². The van der Waals surface area contributed by atoms with Gasteiger partial charge in [-0.3, -0.25) is 14.6 Å². The van der Waals surface area contributed by atoms with Gasteiger partial charge in [-0.15, -0.1) is 0 Å². The highest BCUT2D eigenvalue weighted by atomic mass is 16.5. The second-order valence-electron chi connectivity index (χ2n) is 7.18. The predicted molar refractivity (Wildman–Crippen MR) is 100 cm³/mol. The van der Waals surface area contributed by atoms with E-state index >= 15 is 0 Å². The van der Waals surface area contributed by atoms with E-state index in [1.165, 1.54) is 18.6 Å². The van der Waals surface area contributed by atoms with Crippen molar-refractivity contribution in [1.82, 2.24) is 14.9 Å². The van der Waals surface area contributed by atoms with Gasteiger partial charge in [0.15, 0.2) is 0 Å². The molecule has 2 N–H and O–H groups in total. The van der Waals surface area contributed by atoms with Crippen LogP contribution in [0.1, 0.15) is 35.0 Å². The lowest BCUT2D eigenvalue weighted by Crippen LogP contribution is -2.52. The van der Waals surface area contributed by atoms with Crippen molar-refractivity contribution in [2.75, 3.05) is 25.1 Å². The van der Waals surface area contributed by atoms with Crippen molar-refractivity contribution in [2.45, 2.75) is 25.0 Å². The number of amides is 2. The van der Waals surface area contributed by atoms with Crippen LogP contribution >= 0.6 is 0 Å². The largest absolute Gasteiger partial charge is 0.386 e. The Morgan fingerprint density at radius 3 is 2.75 bits per heavy atom. The van der Waals surface area contributed by atoms with Gasteiger partial charge in [-0.1, -0.05) is 12.1 Å². The van der Waals surface area contributed by atoms with Crippen molar-refractivity contribution in [3.05, 3.63) is 54.1 Å². The maximum absolute atomic E-state index is 12.2. The summed E-state index contributed by atoms with van der Waals surface area (Å²) in [4.78, 5) is 34.0. The molecule has 146 valence electrons. The summed E-state index contributed by atoms with van der Waals surface area (Å²) < 4.78 is 5.37. The van der Waals surface area contributed by atoms with Crippen LogP contribution in [-0.2, 0) is 9.53 Å². The summed E-state index contributed by atoms with van der Waals surface area (Å²) in [6, 6.07) is 6.51. The molecule has 2 aromatic rings. The van der Waals surface area contributed by atoms with Gasteiger partial charge in [0.1, 0.15) is 18.4 Å². The van der Waals surface area contributed by atoms with Crippen LogP contribution in [0.4, 0.5) is 5.69 Å². The molecule has 1 aromatic carbocycles. The number of aliphatic hydroxyl groups is 1. The fourth-order valence-electron chi connectivity index (χ4n) is 3.30. The first-order valence-electron chi connectivity index (χ1n) is 9.34. The van der Waals surface area contributed by atoms with E-state index in [1.54, 1.807) is 29.2 Å². The minimum Gasteiger partial charge on any atom is -0.386 e. The Bertz CT molecular complexity index is 839. The molecule has 8 heteroatoms. The van der Waals surface area contributed by atoms with Crippen LogP contribution in [0.5, 0.6) is 0 Å². The number of hydrogen-bond donors (Lipinski definition) is 2. The van der Waals surface area contributed by atoms with Crippen molar-refractivity contribution in [3.63, 3.8) is 0 Å². The lowest BCUT2D eigenvalue weighted by Gasteiger charge is -2.38. The molecule has 8 nitrogen and oxygen atoms in total. The molecule has 2 amide bonds. The molecule has 1 saturated heterocycles. The molecule has 1 aliphatic carbocycles. The highest BCUT2D eigenvalue weighted by Gasteiger charge is 2.37. The molecule has 1 saturated carbocycles. The van der Waals surface area contributed by atoms with E-state index in [0.29, 0.717) is 30.3 Å². The summed E-state index contributed by atoms with van der Waals surface area (Å²) in [7, 11) is 0. The number of benzene rings is 1. The normalized spacial score (nSPS) is 20.7. The fourth-order valence-corrected chi connectivity index (χ4v) is 3.30. The van der Waals surface area contributed by atoms with Crippen LogP contribution in [0.25, 0.3) is 0 Å². The quantitative estimate of drug-likeness (QED) is 0.783. The van der Waals surface area contributed by atoms with Gasteiger partial charge >= 0.3 is 0 Å². The van der Waals surface area contributed by atoms with Gasteiger partial charge in [-0.05, 0) is 36.5 Å². The van der Waals surface area contributed by atoms with Gasteiger partial charge in [0, 0.05) is 24.6 Å². The Morgan fingerprint density at radius 1 is 1.29 bits per heavy atom. The van der Waals surface area contributed by atoms with E-state index in [0.717, 1.165) is 12.8 Å². The highest BCUT2D eigenvalue weighted by Crippen LogP contribution is 2.33. The number of rotatable bonds is 6. The predicted octanol–water partition coefficient (Wildman–Crippen LogP) is 1.40. The Balaban J connectivity index is 1.43. The van der Waals surface area contributed by atoms with Crippen molar-refractivity contribution in [3.8, 4) is 0 Å². The van der Waals surface area contributed by atoms with E-state index in [2.05, 4.69) is 15.3 Å². The van der Waals surface area contributed by atoms with Crippen LogP contribution in [0.2, 0.25) is 0 Å². The van der Waals surface area contributed by atoms with Crippen LogP contribution in [-0.4, -0.2) is 57.6 Å². The molecule has 2 atom stereocenters. The lowest BCUT2D eigenvalue weighted by atomic mass is 9.99. The van der Waals surface area contributed by atoms with Gasteiger partial charge in [-0.2, -0.15) is 0 Å². The first-order chi connectivity index (χ1) is 13.6. The third-order valence-electron chi connectivity index (χ3n) is 5.06.